The van der Waals surface area contributed by atoms with Crippen LogP contribution in [0.25, 0.3) is 22.2 Å². The highest BCUT2D eigenvalue weighted by Gasteiger charge is 2.14. The van der Waals surface area contributed by atoms with Gasteiger partial charge in [0.1, 0.15) is 5.69 Å². The average molecular weight is 383 g/mol. The second-order valence-corrected chi connectivity index (χ2v) is 7.39. The number of halogens is 1. The molecule has 2 heterocycles. The van der Waals surface area contributed by atoms with Gasteiger partial charge >= 0.3 is 0 Å². The maximum atomic E-state index is 14.4. The quantitative estimate of drug-likeness (QED) is 0.501. The third kappa shape index (κ3) is 3.37. The zero-order valence-electron chi connectivity index (χ0n) is 13.8. The Morgan fingerprint density at radius 3 is 2.74 bits per heavy atom. The van der Waals surface area contributed by atoms with Crippen molar-refractivity contribution in [2.75, 3.05) is 5.32 Å². The molecule has 0 atom stereocenters. The number of aromatic amines is 1. The van der Waals surface area contributed by atoms with Crippen LogP contribution in [-0.4, -0.2) is 23.4 Å². The van der Waals surface area contributed by atoms with Gasteiger partial charge < -0.3 is 10.3 Å². The minimum atomic E-state index is -3.84. The number of benzene rings is 2. The lowest BCUT2D eigenvalue weighted by Gasteiger charge is -2.09. The molecule has 9 heteroatoms. The zero-order chi connectivity index (χ0) is 19.0. The molecule has 0 radical (unpaired) electrons. The maximum absolute atomic E-state index is 14.4. The standard InChI is InChI=1S/C18H14FN5O2S/c19-15-10-22-18(23-11-3-1-4-12(9-11)27(20,25)26)24-17(15)14-5-2-6-16-13(14)7-8-21-16/h1-10,21H,(H2,20,25,26)(H,22,23,24). The Labute approximate surface area is 154 Å². The fourth-order valence-corrected chi connectivity index (χ4v) is 3.35. The number of nitrogens with one attached hydrogen (secondary N) is 2. The van der Waals surface area contributed by atoms with Crippen LogP contribution in [-0.2, 0) is 10.0 Å². The van der Waals surface area contributed by atoms with Gasteiger partial charge in [0.05, 0.1) is 11.1 Å². The Hall–Kier alpha value is -3.30. The first-order valence-corrected chi connectivity index (χ1v) is 9.45. The molecule has 4 rings (SSSR count). The highest BCUT2D eigenvalue weighted by Crippen LogP contribution is 2.29. The largest absolute Gasteiger partial charge is 0.361 e. The highest BCUT2D eigenvalue weighted by molar-refractivity contribution is 7.89. The predicted molar refractivity (Wildman–Crippen MR) is 100 cm³/mol. The number of fused-ring (bicyclic) bond motifs is 1. The van der Waals surface area contributed by atoms with Gasteiger partial charge in [0.2, 0.25) is 16.0 Å². The molecule has 4 N–H and O–H groups in total. The predicted octanol–water partition coefficient (Wildman–Crippen LogP) is 3.16. The Morgan fingerprint density at radius 1 is 1.11 bits per heavy atom. The molecule has 2 aromatic carbocycles. The van der Waals surface area contributed by atoms with Gasteiger partial charge in [-0.2, -0.15) is 0 Å². The fraction of sp³-hybridized carbons (Fsp3) is 0. The number of primary sulfonamides is 1. The van der Waals surface area contributed by atoms with Crippen LogP contribution in [0.2, 0.25) is 0 Å². The van der Waals surface area contributed by atoms with Crippen molar-refractivity contribution in [3.63, 3.8) is 0 Å². The lowest BCUT2D eigenvalue weighted by atomic mass is 10.1. The van der Waals surface area contributed by atoms with Crippen molar-refractivity contribution in [2.24, 2.45) is 5.14 Å². The van der Waals surface area contributed by atoms with Crippen molar-refractivity contribution in [1.29, 1.82) is 0 Å². The lowest BCUT2D eigenvalue weighted by Crippen LogP contribution is -2.12. The number of rotatable bonds is 4. The smallest absolute Gasteiger partial charge is 0.238 e. The molecular formula is C18H14FN5O2S. The first-order valence-electron chi connectivity index (χ1n) is 7.91. The Morgan fingerprint density at radius 2 is 1.93 bits per heavy atom. The molecule has 2 aromatic heterocycles. The van der Waals surface area contributed by atoms with Crippen molar-refractivity contribution in [2.45, 2.75) is 4.90 Å². The minimum Gasteiger partial charge on any atom is -0.361 e. The summed E-state index contributed by atoms with van der Waals surface area (Å²) in [6.45, 7) is 0. The van der Waals surface area contributed by atoms with Gasteiger partial charge in [-0.25, -0.2) is 27.9 Å². The van der Waals surface area contributed by atoms with Crippen molar-refractivity contribution in [1.82, 2.24) is 15.0 Å². The third-order valence-corrected chi connectivity index (χ3v) is 4.92. The van der Waals surface area contributed by atoms with Gasteiger partial charge in [-0.15, -0.1) is 0 Å². The molecule has 0 saturated carbocycles. The molecule has 0 aliphatic carbocycles. The van der Waals surface area contributed by atoms with Crippen molar-refractivity contribution < 1.29 is 12.8 Å². The van der Waals surface area contributed by atoms with E-state index >= 15 is 0 Å². The van der Waals surface area contributed by atoms with Gasteiger partial charge in [-0.05, 0) is 30.3 Å². The number of H-pyrrole nitrogens is 1. The Bertz CT molecular complexity index is 1250. The molecule has 0 spiro atoms. The van der Waals surface area contributed by atoms with E-state index in [-0.39, 0.29) is 16.5 Å². The van der Waals surface area contributed by atoms with E-state index in [9.17, 15) is 12.8 Å². The van der Waals surface area contributed by atoms with E-state index < -0.39 is 15.8 Å². The third-order valence-electron chi connectivity index (χ3n) is 4.01. The van der Waals surface area contributed by atoms with Gasteiger partial charge in [-0.1, -0.05) is 18.2 Å². The van der Waals surface area contributed by atoms with Crippen LogP contribution in [0.5, 0.6) is 0 Å². The van der Waals surface area contributed by atoms with Crippen LogP contribution >= 0.6 is 0 Å². The molecule has 0 unspecified atom stereocenters. The van der Waals surface area contributed by atoms with E-state index in [1.54, 1.807) is 24.4 Å². The number of sulfonamides is 1. The van der Waals surface area contributed by atoms with Crippen LogP contribution < -0.4 is 10.5 Å². The molecule has 0 saturated heterocycles. The molecule has 27 heavy (non-hydrogen) atoms. The first-order chi connectivity index (χ1) is 12.9. The van der Waals surface area contributed by atoms with E-state index in [2.05, 4.69) is 20.3 Å². The van der Waals surface area contributed by atoms with Gasteiger partial charge in [0.25, 0.3) is 0 Å². The molecule has 0 amide bonds. The summed E-state index contributed by atoms with van der Waals surface area (Å²) in [4.78, 5) is 11.2. The summed E-state index contributed by atoms with van der Waals surface area (Å²) >= 11 is 0. The topological polar surface area (TPSA) is 114 Å². The first kappa shape index (κ1) is 17.1. The van der Waals surface area contributed by atoms with Crippen LogP contribution in [0.1, 0.15) is 0 Å². The van der Waals surface area contributed by atoms with E-state index in [0.717, 1.165) is 17.1 Å². The average Bonchev–Trinajstić information content (AvgIpc) is 3.12. The normalized spacial score (nSPS) is 11.6. The number of nitrogens with zero attached hydrogens (tertiary/aromatic N) is 2. The molecule has 0 bridgehead atoms. The van der Waals surface area contributed by atoms with Crippen LogP contribution in [0.4, 0.5) is 16.0 Å². The maximum Gasteiger partial charge on any atom is 0.238 e. The summed E-state index contributed by atoms with van der Waals surface area (Å²) in [6, 6.07) is 13.2. The zero-order valence-corrected chi connectivity index (χ0v) is 14.7. The van der Waals surface area contributed by atoms with Crippen molar-refractivity contribution in [3.8, 4) is 11.3 Å². The Balaban J connectivity index is 1.75. The molecule has 4 aromatic rings. The number of nitrogens with two attached hydrogens (primary N) is 1. The summed E-state index contributed by atoms with van der Waals surface area (Å²) in [5, 5.41) is 8.85. The number of hydrogen-bond donors (Lipinski definition) is 3. The molecule has 0 aliphatic rings. The molecular weight excluding hydrogens is 369 g/mol. The molecule has 0 aliphatic heterocycles. The summed E-state index contributed by atoms with van der Waals surface area (Å²) < 4.78 is 37.4. The number of hydrogen-bond acceptors (Lipinski definition) is 5. The minimum absolute atomic E-state index is 0.0491. The molecule has 7 nitrogen and oxygen atoms in total. The fourth-order valence-electron chi connectivity index (χ4n) is 2.79. The summed E-state index contributed by atoms with van der Waals surface area (Å²) in [7, 11) is -3.84. The van der Waals surface area contributed by atoms with Gasteiger partial charge in [-0.3, -0.25) is 0 Å². The number of aromatic nitrogens is 3. The van der Waals surface area contributed by atoms with E-state index in [1.165, 1.54) is 18.2 Å². The van der Waals surface area contributed by atoms with Crippen LogP contribution in [0, 0.1) is 5.82 Å². The summed E-state index contributed by atoms with van der Waals surface area (Å²) in [5.74, 6) is -0.432. The van der Waals surface area contributed by atoms with Crippen molar-refractivity contribution >= 4 is 32.6 Å². The number of anilines is 2. The van der Waals surface area contributed by atoms with Crippen LogP contribution in [0.3, 0.4) is 0 Å². The summed E-state index contributed by atoms with van der Waals surface area (Å²) in [6.07, 6.45) is 2.84. The van der Waals surface area contributed by atoms with E-state index in [0.29, 0.717) is 11.3 Å². The van der Waals surface area contributed by atoms with Gasteiger partial charge in [0, 0.05) is 28.4 Å². The van der Waals surface area contributed by atoms with Crippen molar-refractivity contribution in [3.05, 3.63) is 66.7 Å². The molecule has 0 fully saturated rings. The SMILES string of the molecule is NS(=O)(=O)c1cccc(Nc2ncc(F)c(-c3cccc4[nH]ccc34)n2)c1. The van der Waals surface area contributed by atoms with E-state index in [4.69, 9.17) is 5.14 Å². The second kappa shape index (κ2) is 6.45. The van der Waals surface area contributed by atoms with E-state index in [1.807, 2.05) is 12.1 Å². The van der Waals surface area contributed by atoms with Gasteiger partial charge in [0.15, 0.2) is 5.82 Å². The second-order valence-electron chi connectivity index (χ2n) is 5.83. The Kier molecular flexibility index (Phi) is 4.09. The highest BCUT2D eigenvalue weighted by atomic mass is 32.2. The van der Waals surface area contributed by atoms with Crippen LogP contribution in [0.15, 0.2) is 65.8 Å². The summed E-state index contributed by atoms with van der Waals surface area (Å²) in [5.41, 5.74) is 2.04. The molecule has 136 valence electrons. The monoisotopic (exact) mass is 383 g/mol. The lowest BCUT2D eigenvalue weighted by molar-refractivity contribution is 0.598.